The van der Waals surface area contributed by atoms with Crippen LogP contribution in [0.3, 0.4) is 0 Å². The van der Waals surface area contributed by atoms with Crippen LogP contribution in [0.1, 0.15) is 11.1 Å². The van der Waals surface area contributed by atoms with E-state index in [9.17, 15) is 0 Å². The molecule has 0 spiro atoms. The van der Waals surface area contributed by atoms with Crippen LogP contribution in [-0.4, -0.2) is 0 Å². The fourth-order valence-corrected chi connectivity index (χ4v) is 1.07. The van der Waals surface area contributed by atoms with Crippen LogP contribution in [0, 0.1) is 27.0 Å². The van der Waals surface area contributed by atoms with Crippen molar-refractivity contribution in [2.75, 3.05) is 0 Å². The monoisotopic (exact) mass is 156 g/mol. The largest absolute Gasteiger partial charge is 0.239 e. The summed E-state index contributed by atoms with van der Waals surface area (Å²) in [4.78, 5) is 6.65. The quantitative estimate of drug-likeness (QED) is 0.509. The highest BCUT2D eigenvalue weighted by Crippen LogP contribution is 2.28. The lowest BCUT2D eigenvalue weighted by molar-refractivity contribution is 1.41. The van der Waals surface area contributed by atoms with Crippen LogP contribution in [0.25, 0.3) is 9.69 Å². The van der Waals surface area contributed by atoms with Gasteiger partial charge in [0.1, 0.15) is 0 Å². The van der Waals surface area contributed by atoms with Gasteiger partial charge in [-0.05, 0) is 25.0 Å². The summed E-state index contributed by atoms with van der Waals surface area (Å²) in [6.45, 7) is 17.5. The maximum absolute atomic E-state index is 6.85. The van der Waals surface area contributed by atoms with Crippen molar-refractivity contribution in [3.63, 3.8) is 0 Å². The first-order valence-electron chi connectivity index (χ1n) is 3.55. The van der Waals surface area contributed by atoms with Crippen LogP contribution in [0.4, 0.5) is 11.4 Å². The molecule has 0 heterocycles. The molecule has 0 amide bonds. The Morgan fingerprint density at radius 3 is 1.67 bits per heavy atom. The molecule has 1 aromatic carbocycles. The van der Waals surface area contributed by atoms with Gasteiger partial charge in [-0.3, -0.25) is 0 Å². The molecule has 0 aromatic heterocycles. The second-order valence-electron chi connectivity index (χ2n) is 2.65. The summed E-state index contributed by atoms with van der Waals surface area (Å²) in [5.41, 5.74) is 3.03. The van der Waals surface area contributed by atoms with Crippen molar-refractivity contribution in [1.29, 1.82) is 0 Å². The number of rotatable bonds is 0. The minimum Gasteiger partial charge on any atom is -0.239 e. The van der Waals surface area contributed by atoms with Crippen molar-refractivity contribution in [3.05, 3.63) is 46.1 Å². The van der Waals surface area contributed by atoms with Gasteiger partial charge in [0, 0.05) is 0 Å². The maximum Gasteiger partial charge on any atom is 0.180 e. The molecular weight excluding hydrogens is 148 g/mol. The fraction of sp³-hybridized carbons (Fsp3) is 0.200. The van der Waals surface area contributed by atoms with Crippen molar-refractivity contribution in [2.45, 2.75) is 13.8 Å². The standard InChI is InChI=1S/C10H8N2/c1-7-5-8(2)10(12-4)6-9(7)11-3/h5-6H,1-2H3. The van der Waals surface area contributed by atoms with Gasteiger partial charge in [-0.15, -0.1) is 0 Å². The molecule has 0 bridgehead atoms. The second-order valence-corrected chi connectivity index (χ2v) is 2.65. The van der Waals surface area contributed by atoms with Gasteiger partial charge >= 0.3 is 0 Å². The number of hydrogen-bond donors (Lipinski definition) is 0. The van der Waals surface area contributed by atoms with Crippen molar-refractivity contribution >= 4 is 11.4 Å². The predicted octanol–water partition coefficient (Wildman–Crippen LogP) is 3.41. The average molecular weight is 156 g/mol. The number of benzene rings is 1. The van der Waals surface area contributed by atoms with Crippen LogP contribution < -0.4 is 0 Å². The molecule has 0 atom stereocenters. The zero-order valence-corrected chi connectivity index (χ0v) is 7.05. The van der Waals surface area contributed by atoms with Crippen LogP contribution in [0.5, 0.6) is 0 Å². The molecule has 0 aliphatic heterocycles. The summed E-state index contributed by atoms with van der Waals surface area (Å²) >= 11 is 0. The summed E-state index contributed by atoms with van der Waals surface area (Å²) in [6.07, 6.45) is 0. The molecule has 58 valence electrons. The molecule has 1 aromatic rings. The minimum absolute atomic E-state index is 0.576. The van der Waals surface area contributed by atoms with E-state index in [-0.39, 0.29) is 0 Å². The highest BCUT2D eigenvalue weighted by atomic mass is 14.7. The molecule has 2 heteroatoms. The van der Waals surface area contributed by atoms with Crippen molar-refractivity contribution in [2.24, 2.45) is 0 Å². The predicted molar refractivity (Wildman–Crippen MR) is 48.4 cm³/mol. The Hall–Kier alpha value is -1.80. The zero-order valence-electron chi connectivity index (χ0n) is 7.05. The van der Waals surface area contributed by atoms with E-state index in [2.05, 4.69) is 9.69 Å². The molecule has 0 aliphatic carbocycles. The van der Waals surface area contributed by atoms with Crippen LogP contribution in [0.2, 0.25) is 0 Å². The third kappa shape index (κ3) is 1.28. The van der Waals surface area contributed by atoms with Crippen LogP contribution in [0.15, 0.2) is 12.1 Å². The Kier molecular flexibility index (Phi) is 2.12. The lowest BCUT2D eigenvalue weighted by Gasteiger charge is -2.00. The van der Waals surface area contributed by atoms with Gasteiger partial charge < -0.3 is 0 Å². The first kappa shape index (κ1) is 8.30. The Bertz CT molecular complexity index is 356. The molecule has 0 radical (unpaired) electrons. The molecule has 0 fully saturated rings. The third-order valence-corrected chi connectivity index (χ3v) is 1.76. The van der Waals surface area contributed by atoms with E-state index in [1.807, 2.05) is 19.9 Å². The molecule has 0 aliphatic rings. The molecular formula is C10H8N2. The van der Waals surface area contributed by atoms with Gasteiger partial charge in [-0.25, -0.2) is 9.69 Å². The summed E-state index contributed by atoms with van der Waals surface area (Å²) in [5, 5.41) is 0. The lowest BCUT2D eigenvalue weighted by atomic mass is 10.1. The Morgan fingerprint density at radius 1 is 0.917 bits per heavy atom. The van der Waals surface area contributed by atoms with Crippen molar-refractivity contribution in [3.8, 4) is 0 Å². The first-order valence-corrected chi connectivity index (χ1v) is 3.55. The smallest absolute Gasteiger partial charge is 0.180 e. The average Bonchev–Trinajstić information content (AvgIpc) is 2.05. The third-order valence-electron chi connectivity index (χ3n) is 1.76. The van der Waals surface area contributed by atoms with Gasteiger partial charge in [0.15, 0.2) is 11.4 Å². The van der Waals surface area contributed by atoms with Gasteiger partial charge in [-0.1, -0.05) is 12.1 Å². The van der Waals surface area contributed by atoms with Crippen LogP contribution >= 0.6 is 0 Å². The lowest BCUT2D eigenvalue weighted by Crippen LogP contribution is -1.76. The first-order chi connectivity index (χ1) is 5.69. The fourth-order valence-electron chi connectivity index (χ4n) is 1.07. The van der Waals surface area contributed by atoms with E-state index in [0.29, 0.717) is 11.4 Å². The Labute approximate surface area is 72.1 Å². The number of nitrogens with zero attached hydrogens (tertiary/aromatic N) is 2. The van der Waals surface area contributed by atoms with Crippen LogP contribution in [-0.2, 0) is 0 Å². The number of aryl methyl sites for hydroxylation is 2. The van der Waals surface area contributed by atoms with Gasteiger partial charge in [0.05, 0.1) is 13.1 Å². The normalized spacial score (nSPS) is 8.67. The Morgan fingerprint density at radius 2 is 1.33 bits per heavy atom. The molecule has 0 saturated heterocycles. The SMILES string of the molecule is [C-]#[N+]c1cc([N+]#[C-])c(C)cc1C. The van der Waals surface area contributed by atoms with E-state index in [1.54, 1.807) is 6.07 Å². The van der Waals surface area contributed by atoms with Gasteiger partial charge in [0.25, 0.3) is 0 Å². The molecule has 0 unspecified atom stereocenters. The second kappa shape index (κ2) is 3.07. The van der Waals surface area contributed by atoms with E-state index in [0.717, 1.165) is 11.1 Å². The van der Waals surface area contributed by atoms with E-state index >= 15 is 0 Å². The van der Waals surface area contributed by atoms with Crippen molar-refractivity contribution in [1.82, 2.24) is 0 Å². The Balaban J connectivity index is 3.42. The number of hydrogen-bond acceptors (Lipinski definition) is 0. The summed E-state index contributed by atoms with van der Waals surface area (Å²) in [7, 11) is 0. The maximum atomic E-state index is 6.85. The van der Waals surface area contributed by atoms with E-state index in [1.165, 1.54) is 0 Å². The topological polar surface area (TPSA) is 8.72 Å². The molecule has 2 nitrogen and oxygen atoms in total. The molecule has 1 rings (SSSR count). The summed E-state index contributed by atoms with van der Waals surface area (Å²) in [5.74, 6) is 0. The summed E-state index contributed by atoms with van der Waals surface area (Å²) in [6, 6.07) is 3.52. The molecule has 0 N–H and O–H groups in total. The minimum atomic E-state index is 0.576. The van der Waals surface area contributed by atoms with E-state index < -0.39 is 0 Å². The molecule has 12 heavy (non-hydrogen) atoms. The van der Waals surface area contributed by atoms with Crippen molar-refractivity contribution < 1.29 is 0 Å². The van der Waals surface area contributed by atoms with E-state index in [4.69, 9.17) is 13.1 Å². The highest BCUT2D eigenvalue weighted by molar-refractivity contribution is 5.65. The zero-order chi connectivity index (χ0) is 9.14. The van der Waals surface area contributed by atoms with Gasteiger partial charge in [0.2, 0.25) is 0 Å². The van der Waals surface area contributed by atoms with Gasteiger partial charge in [-0.2, -0.15) is 0 Å². The summed E-state index contributed by atoms with van der Waals surface area (Å²) < 4.78 is 0. The molecule has 0 saturated carbocycles. The highest BCUT2D eigenvalue weighted by Gasteiger charge is 2.02.